The van der Waals surface area contributed by atoms with E-state index in [1.165, 1.54) is 17.8 Å². The lowest BCUT2D eigenvalue weighted by Crippen LogP contribution is -2.01. The minimum Gasteiger partial charge on any atom is -0.349 e. The Hall–Kier alpha value is -3.29. The molecular formula is C17H12N4O2S. The first-order valence-electron chi connectivity index (χ1n) is 6.87. The zero-order valence-electron chi connectivity index (χ0n) is 12.5. The van der Waals surface area contributed by atoms with Crippen LogP contribution in [0.1, 0.15) is 5.56 Å². The number of nitro benzene ring substituents is 1. The lowest BCUT2D eigenvalue weighted by Gasteiger charge is -2.11. The van der Waals surface area contributed by atoms with Crippen molar-refractivity contribution in [3.05, 3.63) is 80.9 Å². The van der Waals surface area contributed by atoms with Gasteiger partial charge in [0.15, 0.2) is 5.57 Å². The molecule has 2 aromatic rings. The fraction of sp³-hybridized carbons (Fsp3) is 0.0588. The topological polar surface area (TPSA) is 103 Å². The third-order valence-electron chi connectivity index (χ3n) is 3.04. The maximum atomic E-state index is 11.1. The van der Waals surface area contributed by atoms with Crippen molar-refractivity contribution in [2.24, 2.45) is 0 Å². The van der Waals surface area contributed by atoms with E-state index < -0.39 is 4.92 Å². The van der Waals surface area contributed by atoms with Gasteiger partial charge in [-0.05, 0) is 12.1 Å². The van der Waals surface area contributed by atoms with E-state index >= 15 is 0 Å². The first kappa shape index (κ1) is 17.1. The molecular weight excluding hydrogens is 324 g/mol. The summed E-state index contributed by atoms with van der Waals surface area (Å²) in [7, 11) is 0. The summed E-state index contributed by atoms with van der Waals surface area (Å²) in [6.45, 7) is 0. The second kappa shape index (κ2) is 8.37. The molecule has 24 heavy (non-hydrogen) atoms. The fourth-order valence-corrected chi connectivity index (χ4v) is 2.88. The van der Waals surface area contributed by atoms with Crippen molar-refractivity contribution in [2.75, 3.05) is 5.32 Å². The molecule has 2 aromatic carbocycles. The van der Waals surface area contributed by atoms with E-state index in [9.17, 15) is 10.1 Å². The van der Waals surface area contributed by atoms with Gasteiger partial charge in [0.2, 0.25) is 0 Å². The molecule has 2 rings (SSSR count). The number of nitro groups is 1. The van der Waals surface area contributed by atoms with Crippen molar-refractivity contribution < 1.29 is 4.92 Å². The van der Waals surface area contributed by atoms with Crippen LogP contribution in [0.15, 0.2) is 65.2 Å². The molecule has 7 heteroatoms. The largest absolute Gasteiger partial charge is 0.349 e. The van der Waals surface area contributed by atoms with Gasteiger partial charge in [0.05, 0.1) is 4.92 Å². The molecule has 0 heterocycles. The molecule has 0 spiro atoms. The molecule has 0 saturated heterocycles. The Bertz CT molecular complexity index is 835. The third kappa shape index (κ3) is 4.35. The van der Waals surface area contributed by atoms with Crippen molar-refractivity contribution >= 4 is 23.1 Å². The third-order valence-corrected chi connectivity index (χ3v) is 4.09. The van der Waals surface area contributed by atoms with Crippen LogP contribution in [0.3, 0.4) is 0 Å². The van der Waals surface area contributed by atoms with E-state index in [0.717, 1.165) is 5.69 Å². The van der Waals surface area contributed by atoms with Crippen LogP contribution in [0.5, 0.6) is 0 Å². The van der Waals surface area contributed by atoms with E-state index in [0.29, 0.717) is 10.6 Å². The number of nitrogens with zero attached hydrogens (tertiary/aromatic N) is 3. The van der Waals surface area contributed by atoms with Gasteiger partial charge in [-0.3, -0.25) is 10.1 Å². The summed E-state index contributed by atoms with van der Waals surface area (Å²) in [5.41, 5.74) is 1.20. The van der Waals surface area contributed by atoms with Gasteiger partial charge in [-0.1, -0.05) is 36.4 Å². The number of hydrogen-bond donors (Lipinski definition) is 1. The number of thioether (sulfide) groups is 1. The maximum absolute atomic E-state index is 11.1. The van der Waals surface area contributed by atoms with Crippen LogP contribution in [0.4, 0.5) is 11.4 Å². The summed E-state index contributed by atoms with van der Waals surface area (Å²) >= 11 is 1.18. The van der Waals surface area contributed by atoms with E-state index in [2.05, 4.69) is 5.32 Å². The zero-order valence-corrected chi connectivity index (χ0v) is 13.3. The fourth-order valence-electron chi connectivity index (χ4n) is 1.91. The lowest BCUT2D eigenvalue weighted by atomic mass is 10.2. The molecule has 0 aliphatic rings. The molecule has 0 aliphatic carbocycles. The van der Waals surface area contributed by atoms with Crippen molar-refractivity contribution in [3.8, 4) is 12.1 Å². The SMILES string of the molecule is N#CC(C#N)=C(Nc1ccccc1)SCc1ccccc1[N+](=O)[O-]. The molecule has 1 N–H and O–H groups in total. The first-order chi connectivity index (χ1) is 11.7. The molecule has 0 radical (unpaired) electrons. The minimum atomic E-state index is -0.445. The summed E-state index contributed by atoms with van der Waals surface area (Å²) in [5, 5.41) is 32.7. The van der Waals surface area contributed by atoms with Crippen LogP contribution < -0.4 is 5.32 Å². The first-order valence-corrected chi connectivity index (χ1v) is 7.86. The van der Waals surface area contributed by atoms with Crippen molar-refractivity contribution in [3.63, 3.8) is 0 Å². The normalized spacial score (nSPS) is 9.42. The van der Waals surface area contributed by atoms with E-state index in [1.807, 2.05) is 30.3 Å². The minimum absolute atomic E-state index is 0.0135. The van der Waals surface area contributed by atoms with Gasteiger partial charge in [0.25, 0.3) is 5.69 Å². The Balaban J connectivity index is 2.25. The Morgan fingerprint density at radius 2 is 1.71 bits per heavy atom. The second-order valence-electron chi connectivity index (χ2n) is 4.59. The number of para-hydroxylation sites is 2. The van der Waals surface area contributed by atoms with E-state index in [1.54, 1.807) is 30.3 Å². The highest BCUT2D eigenvalue weighted by Gasteiger charge is 2.15. The number of hydrogen-bond acceptors (Lipinski definition) is 6. The van der Waals surface area contributed by atoms with Gasteiger partial charge in [-0.25, -0.2) is 0 Å². The maximum Gasteiger partial charge on any atom is 0.273 e. The predicted octanol–water partition coefficient (Wildman–Crippen LogP) is 4.20. The van der Waals surface area contributed by atoms with Crippen LogP contribution in [-0.4, -0.2) is 4.92 Å². The number of allylic oxidation sites excluding steroid dienone is 1. The van der Waals surface area contributed by atoms with Gasteiger partial charge in [0, 0.05) is 23.1 Å². The number of benzene rings is 2. The van der Waals surface area contributed by atoms with Crippen LogP contribution in [0, 0.1) is 32.8 Å². The highest BCUT2D eigenvalue weighted by molar-refractivity contribution is 8.02. The van der Waals surface area contributed by atoms with Crippen molar-refractivity contribution in [1.82, 2.24) is 0 Å². The van der Waals surface area contributed by atoms with Gasteiger partial charge >= 0.3 is 0 Å². The predicted molar refractivity (Wildman–Crippen MR) is 92.7 cm³/mol. The molecule has 0 aliphatic heterocycles. The molecule has 0 atom stereocenters. The molecule has 0 unspecified atom stereocenters. The van der Waals surface area contributed by atoms with Crippen LogP contribution in [0.2, 0.25) is 0 Å². The van der Waals surface area contributed by atoms with Gasteiger partial charge in [-0.15, -0.1) is 11.8 Å². The number of rotatable bonds is 6. The van der Waals surface area contributed by atoms with Crippen molar-refractivity contribution in [1.29, 1.82) is 10.5 Å². The monoisotopic (exact) mass is 336 g/mol. The lowest BCUT2D eigenvalue weighted by molar-refractivity contribution is -0.385. The Labute approximate surface area is 143 Å². The van der Waals surface area contributed by atoms with E-state index in [-0.39, 0.29) is 17.0 Å². The van der Waals surface area contributed by atoms with Gasteiger partial charge in [0.1, 0.15) is 17.2 Å². The molecule has 0 bridgehead atoms. The summed E-state index contributed by atoms with van der Waals surface area (Å²) < 4.78 is 0. The molecule has 0 fully saturated rings. The zero-order chi connectivity index (χ0) is 17.4. The Morgan fingerprint density at radius 1 is 1.08 bits per heavy atom. The molecule has 0 amide bonds. The second-order valence-corrected chi connectivity index (χ2v) is 5.58. The summed E-state index contributed by atoms with van der Waals surface area (Å²) in [5.74, 6) is 0.263. The summed E-state index contributed by atoms with van der Waals surface area (Å²) in [6, 6.07) is 19.2. The van der Waals surface area contributed by atoms with Crippen LogP contribution in [-0.2, 0) is 5.75 Å². The Morgan fingerprint density at radius 3 is 2.33 bits per heavy atom. The summed E-state index contributed by atoms with van der Waals surface area (Å²) in [4.78, 5) is 10.6. The van der Waals surface area contributed by atoms with Crippen LogP contribution in [0.25, 0.3) is 0 Å². The average molecular weight is 336 g/mol. The molecule has 0 saturated carbocycles. The molecule has 6 nitrogen and oxygen atoms in total. The van der Waals surface area contributed by atoms with Gasteiger partial charge in [-0.2, -0.15) is 10.5 Å². The van der Waals surface area contributed by atoms with E-state index in [4.69, 9.17) is 10.5 Å². The summed E-state index contributed by atoms with van der Waals surface area (Å²) in [6.07, 6.45) is 0. The number of nitrogens with one attached hydrogen (secondary N) is 1. The van der Waals surface area contributed by atoms with Crippen molar-refractivity contribution in [2.45, 2.75) is 5.75 Å². The highest BCUT2D eigenvalue weighted by Crippen LogP contribution is 2.29. The van der Waals surface area contributed by atoms with Crippen LogP contribution >= 0.6 is 11.8 Å². The standard InChI is InChI=1S/C17H12N4O2S/c18-10-14(11-19)17(20-15-7-2-1-3-8-15)24-12-13-6-4-5-9-16(13)21(22)23/h1-9,20H,12H2. The number of nitriles is 2. The highest BCUT2D eigenvalue weighted by atomic mass is 32.2. The smallest absolute Gasteiger partial charge is 0.273 e. The Kier molecular flexibility index (Phi) is 5.95. The van der Waals surface area contributed by atoms with Gasteiger partial charge < -0.3 is 5.32 Å². The average Bonchev–Trinajstić information content (AvgIpc) is 2.61. The number of anilines is 1. The molecule has 118 valence electrons. The molecule has 0 aromatic heterocycles. The quantitative estimate of drug-likeness (QED) is 0.482.